The second kappa shape index (κ2) is 5.60. The predicted octanol–water partition coefficient (Wildman–Crippen LogP) is 3.33. The molecule has 94 valence electrons. The Bertz CT molecular complexity index is 537. The Hall–Kier alpha value is -1.94. The fraction of sp³-hybridized carbons (Fsp3) is 0.154. The number of methoxy groups -OCH3 is 1. The Labute approximate surface area is 110 Å². The maximum absolute atomic E-state index is 11.6. The minimum atomic E-state index is -0.402. The Balaban J connectivity index is 2.19. The molecule has 0 saturated carbocycles. The van der Waals surface area contributed by atoms with Gasteiger partial charge < -0.3 is 14.5 Å². The molecule has 0 spiro atoms. The molecule has 0 bridgehead atoms. The fourth-order valence-corrected chi connectivity index (χ4v) is 1.71. The standard InChI is InChI=1S/C13H12ClNO3/c1-17-13(16)11-3-2-10(14)6-12(11)15-7-9-4-5-18-8-9/h2-6,8,15H,7H2,1H3. The van der Waals surface area contributed by atoms with Crippen LogP contribution >= 0.6 is 11.6 Å². The van der Waals surface area contributed by atoms with Crippen molar-refractivity contribution in [2.75, 3.05) is 12.4 Å². The van der Waals surface area contributed by atoms with E-state index >= 15 is 0 Å². The third-order valence-corrected chi connectivity index (χ3v) is 2.69. The highest BCUT2D eigenvalue weighted by Crippen LogP contribution is 2.22. The van der Waals surface area contributed by atoms with Crippen molar-refractivity contribution in [2.24, 2.45) is 0 Å². The minimum absolute atomic E-state index is 0.402. The molecule has 0 aliphatic heterocycles. The van der Waals surface area contributed by atoms with Gasteiger partial charge in [0.05, 0.1) is 30.9 Å². The fourth-order valence-electron chi connectivity index (χ4n) is 1.54. The zero-order valence-electron chi connectivity index (χ0n) is 9.77. The van der Waals surface area contributed by atoms with E-state index in [-0.39, 0.29) is 0 Å². The van der Waals surface area contributed by atoms with Gasteiger partial charge in [-0.2, -0.15) is 0 Å². The first kappa shape index (κ1) is 12.5. The van der Waals surface area contributed by atoms with Gasteiger partial charge in [-0.3, -0.25) is 0 Å². The van der Waals surface area contributed by atoms with Gasteiger partial charge in [0.1, 0.15) is 0 Å². The minimum Gasteiger partial charge on any atom is -0.472 e. The van der Waals surface area contributed by atoms with E-state index in [9.17, 15) is 4.79 Å². The van der Waals surface area contributed by atoms with Gasteiger partial charge in [-0.25, -0.2) is 4.79 Å². The van der Waals surface area contributed by atoms with E-state index in [0.717, 1.165) is 5.56 Å². The molecule has 0 saturated heterocycles. The van der Waals surface area contributed by atoms with Crippen LogP contribution in [0.2, 0.25) is 5.02 Å². The summed E-state index contributed by atoms with van der Waals surface area (Å²) in [5.74, 6) is -0.402. The lowest BCUT2D eigenvalue weighted by Crippen LogP contribution is -2.08. The van der Waals surface area contributed by atoms with Crippen LogP contribution in [-0.2, 0) is 11.3 Å². The maximum Gasteiger partial charge on any atom is 0.339 e. The number of nitrogens with one attached hydrogen (secondary N) is 1. The molecule has 2 aromatic rings. The highest BCUT2D eigenvalue weighted by Gasteiger charge is 2.12. The van der Waals surface area contributed by atoms with E-state index in [4.69, 9.17) is 20.8 Å². The van der Waals surface area contributed by atoms with Crippen molar-refractivity contribution in [1.29, 1.82) is 0 Å². The van der Waals surface area contributed by atoms with Gasteiger partial charge in [-0.15, -0.1) is 0 Å². The van der Waals surface area contributed by atoms with Crippen molar-refractivity contribution in [3.63, 3.8) is 0 Å². The number of carbonyl (C=O) groups excluding carboxylic acids is 1. The van der Waals surface area contributed by atoms with Crippen molar-refractivity contribution in [3.05, 3.63) is 52.9 Å². The lowest BCUT2D eigenvalue weighted by Gasteiger charge is -2.10. The molecule has 18 heavy (non-hydrogen) atoms. The average Bonchev–Trinajstić information content (AvgIpc) is 2.88. The molecule has 0 amide bonds. The highest BCUT2D eigenvalue weighted by molar-refractivity contribution is 6.31. The van der Waals surface area contributed by atoms with Crippen LogP contribution in [-0.4, -0.2) is 13.1 Å². The zero-order valence-corrected chi connectivity index (χ0v) is 10.5. The average molecular weight is 266 g/mol. The SMILES string of the molecule is COC(=O)c1ccc(Cl)cc1NCc1ccoc1. The van der Waals surface area contributed by atoms with Crippen LogP contribution in [0.5, 0.6) is 0 Å². The molecule has 4 nitrogen and oxygen atoms in total. The first-order chi connectivity index (χ1) is 8.70. The summed E-state index contributed by atoms with van der Waals surface area (Å²) in [6.07, 6.45) is 3.23. The van der Waals surface area contributed by atoms with E-state index in [1.807, 2.05) is 6.07 Å². The number of benzene rings is 1. The summed E-state index contributed by atoms with van der Waals surface area (Å²) in [4.78, 5) is 11.6. The lowest BCUT2D eigenvalue weighted by atomic mass is 10.1. The molecule has 2 rings (SSSR count). The Morgan fingerprint density at radius 3 is 2.94 bits per heavy atom. The summed E-state index contributed by atoms with van der Waals surface area (Å²) in [6, 6.07) is 6.81. The number of furan rings is 1. The molecular formula is C13H12ClNO3. The number of rotatable bonds is 4. The molecule has 0 fully saturated rings. The van der Waals surface area contributed by atoms with Gasteiger partial charge in [-0.1, -0.05) is 11.6 Å². The van der Waals surface area contributed by atoms with Gasteiger partial charge in [0.25, 0.3) is 0 Å². The molecule has 0 aliphatic carbocycles. The first-order valence-electron chi connectivity index (χ1n) is 5.33. The van der Waals surface area contributed by atoms with Crippen LogP contribution in [0.1, 0.15) is 15.9 Å². The van der Waals surface area contributed by atoms with Crippen molar-refractivity contribution < 1.29 is 13.9 Å². The Morgan fingerprint density at radius 2 is 2.28 bits per heavy atom. The monoisotopic (exact) mass is 265 g/mol. The maximum atomic E-state index is 11.6. The van der Waals surface area contributed by atoms with Crippen LogP contribution < -0.4 is 5.32 Å². The van der Waals surface area contributed by atoms with Crippen LogP contribution in [0.4, 0.5) is 5.69 Å². The second-order valence-corrected chi connectivity index (χ2v) is 4.10. The van der Waals surface area contributed by atoms with Gasteiger partial charge in [0.2, 0.25) is 0 Å². The van der Waals surface area contributed by atoms with E-state index in [1.54, 1.807) is 30.7 Å². The van der Waals surface area contributed by atoms with Crippen molar-refractivity contribution >= 4 is 23.3 Å². The Kier molecular flexibility index (Phi) is 3.89. The number of hydrogen-bond donors (Lipinski definition) is 1. The number of hydrogen-bond acceptors (Lipinski definition) is 4. The topological polar surface area (TPSA) is 51.5 Å². The molecule has 0 radical (unpaired) electrons. The smallest absolute Gasteiger partial charge is 0.339 e. The van der Waals surface area contributed by atoms with Gasteiger partial charge in [-0.05, 0) is 24.3 Å². The molecule has 1 N–H and O–H groups in total. The summed E-state index contributed by atoms with van der Waals surface area (Å²) in [6.45, 7) is 0.542. The summed E-state index contributed by atoms with van der Waals surface area (Å²) < 4.78 is 9.68. The number of anilines is 1. The number of halogens is 1. The molecule has 5 heteroatoms. The number of esters is 1. The van der Waals surface area contributed by atoms with Crippen LogP contribution in [0.3, 0.4) is 0 Å². The molecule has 0 atom stereocenters. The normalized spacial score (nSPS) is 10.1. The highest BCUT2D eigenvalue weighted by atomic mass is 35.5. The van der Waals surface area contributed by atoms with E-state index in [2.05, 4.69) is 5.32 Å². The van der Waals surface area contributed by atoms with Crippen molar-refractivity contribution in [3.8, 4) is 0 Å². The van der Waals surface area contributed by atoms with Crippen LogP contribution in [0.15, 0.2) is 41.2 Å². The molecule has 0 unspecified atom stereocenters. The van der Waals surface area contributed by atoms with E-state index in [1.165, 1.54) is 7.11 Å². The summed E-state index contributed by atoms with van der Waals surface area (Å²) in [7, 11) is 1.34. The van der Waals surface area contributed by atoms with Crippen LogP contribution in [0.25, 0.3) is 0 Å². The predicted molar refractivity (Wildman–Crippen MR) is 68.8 cm³/mol. The summed E-state index contributed by atoms with van der Waals surface area (Å²) in [5, 5.41) is 3.68. The zero-order chi connectivity index (χ0) is 13.0. The third-order valence-electron chi connectivity index (χ3n) is 2.45. The van der Waals surface area contributed by atoms with Crippen molar-refractivity contribution in [2.45, 2.75) is 6.54 Å². The Morgan fingerprint density at radius 1 is 1.44 bits per heavy atom. The molecule has 1 aromatic carbocycles. The van der Waals surface area contributed by atoms with Crippen LogP contribution in [0, 0.1) is 0 Å². The third kappa shape index (κ3) is 2.84. The molecular weight excluding hydrogens is 254 g/mol. The quantitative estimate of drug-likeness (QED) is 0.862. The summed E-state index contributed by atoms with van der Waals surface area (Å²) in [5.41, 5.74) is 2.06. The second-order valence-electron chi connectivity index (χ2n) is 3.67. The van der Waals surface area contributed by atoms with E-state index in [0.29, 0.717) is 22.8 Å². The molecule has 0 aliphatic rings. The molecule has 1 heterocycles. The largest absolute Gasteiger partial charge is 0.472 e. The van der Waals surface area contributed by atoms with Gasteiger partial charge in [0.15, 0.2) is 0 Å². The first-order valence-corrected chi connectivity index (χ1v) is 5.71. The number of carbonyl (C=O) groups is 1. The lowest BCUT2D eigenvalue weighted by molar-refractivity contribution is 0.0602. The summed E-state index contributed by atoms with van der Waals surface area (Å²) >= 11 is 5.91. The van der Waals surface area contributed by atoms with Crippen molar-refractivity contribution in [1.82, 2.24) is 0 Å². The molecule has 1 aromatic heterocycles. The van der Waals surface area contributed by atoms with Gasteiger partial charge in [0, 0.05) is 17.1 Å². The van der Waals surface area contributed by atoms with Gasteiger partial charge >= 0.3 is 5.97 Å². The number of ether oxygens (including phenoxy) is 1. The van der Waals surface area contributed by atoms with E-state index < -0.39 is 5.97 Å².